The Labute approximate surface area is 152 Å². The standard InChI is InChI=1S/C19H27N3O2S/c1-5-6-7-10-21(12(2)3)19(24)16-13(4)15-17(25-16)20-14-9-8-11-22(14)18(15)23/h12H,5-11H2,1-4H3. The van der Waals surface area contributed by atoms with Crippen LogP contribution in [0.4, 0.5) is 0 Å². The van der Waals surface area contributed by atoms with Crippen molar-refractivity contribution in [3.8, 4) is 0 Å². The van der Waals surface area contributed by atoms with Crippen molar-refractivity contribution in [2.24, 2.45) is 0 Å². The van der Waals surface area contributed by atoms with E-state index in [1.54, 1.807) is 4.57 Å². The summed E-state index contributed by atoms with van der Waals surface area (Å²) in [6.07, 6.45) is 5.09. The van der Waals surface area contributed by atoms with Crippen molar-refractivity contribution in [1.29, 1.82) is 0 Å². The van der Waals surface area contributed by atoms with Crippen LogP contribution in [0.1, 0.15) is 67.5 Å². The molecular formula is C19H27N3O2S. The largest absolute Gasteiger partial charge is 0.336 e. The predicted molar refractivity (Wildman–Crippen MR) is 103 cm³/mol. The molecular weight excluding hydrogens is 334 g/mol. The summed E-state index contributed by atoms with van der Waals surface area (Å²) in [5.74, 6) is 0.901. The molecule has 3 heterocycles. The summed E-state index contributed by atoms with van der Waals surface area (Å²) in [4.78, 5) is 33.9. The van der Waals surface area contributed by atoms with Crippen LogP contribution in [0.3, 0.4) is 0 Å². The predicted octanol–water partition coefficient (Wildman–Crippen LogP) is 3.75. The number of hydrogen-bond donors (Lipinski definition) is 0. The van der Waals surface area contributed by atoms with Gasteiger partial charge in [0.05, 0.1) is 10.3 Å². The Hall–Kier alpha value is -1.69. The van der Waals surface area contributed by atoms with E-state index in [9.17, 15) is 9.59 Å². The van der Waals surface area contributed by atoms with Gasteiger partial charge in [-0.25, -0.2) is 4.98 Å². The Bertz CT molecular complexity index is 850. The van der Waals surface area contributed by atoms with Crippen LogP contribution in [-0.2, 0) is 13.0 Å². The number of hydrogen-bond acceptors (Lipinski definition) is 4. The molecule has 1 aliphatic rings. The van der Waals surface area contributed by atoms with E-state index in [2.05, 4.69) is 11.9 Å². The van der Waals surface area contributed by atoms with Crippen LogP contribution in [0.5, 0.6) is 0 Å². The number of carbonyl (C=O) groups excluding carboxylic acids is 1. The second-order valence-corrected chi connectivity index (χ2v) is 8.12. The molecule has 1 amide bonds. The fourth-order valence-electron chi connectivity index (χ4n) is 3.54. The molecule has 0 aliphatic carbocycles. The summed E-state index contributed by atoms with van der Waals surface area (Å²) in [5.41, 5.74) is 0.818. The summed E-state index contributed by atoms with van der Waals surface area (Å²) >= 11 is 1.38. The maximum atomic E-state index is 13.1. The highest BCUT2D eigenvalue weighted by atomic mass is 32.1. The third-order valence-electron chi connectivity index (χ3n) is 4.99. The first kappa shape index (κ1) is 18.1. The molecule has 3 rings (SSSR count). The second kappa shape index (κ2) is 7.28. The van der Waals surface area contributed by atoms with Crippen molar-refractivity contribution < 1.29 is 4.79 Å². The van der Waals surface area contributed by atoms with Gasteiger partial charge in [-0.1, -0.05) is 19.8 Å². The summed E-state index contributed by atoms with van der Waals surface area (Å²) < 4.78 is 1.78. The number of aryl methyl sites for hydroxylation is 2. The summed E-state index contributed by atoms with van der Waals surface area (Å²) in [6.45, 7) is 9.66. The lowest BCUT2D eigenvalue weighted by molar-refractivity contribution is 0.0706. The minimum absolute atomic E-state index is 0.0207. The SMILES string of the molecule is CCCCCN(C(=O)c1sc2nc3n(c(=O)c2c1C)CCC3)C(C)C. The second-order valence-electron chi connectivity index (χ2n) is 7.12. The highest BCUT2D eigenvalue weighted by Crippen LogP contribution is 2.30. The van der Waals surface area contributed by atoms with E-state index in [1.165, 1.54) is 11.3 Å². The quantitative estimate of drug-likeness (QED) is 0.736. The third-order valence-corrected chi connectivity index (χ3v) is 6.17. The van der Waals surface area contributed by atoms with Gasteiger partial charge in [-0.05, 0) is 39.2 Å². The average Bonchev–Trinajstić information content (AvgIpc) is 3.16. The van der Waals surface area contributed by atoms with E-state index in [0.29, 0.717) is 10.3 Å². The van der Waals surface area contributed by atoms with E-state index >= 15 is 0 Å². The Morgan fingerprint density at radius 1 is 1.36 bits per heavy atom. The van der Waals surface area contributed by atoms with Crippen LogP contribution in [0.15, 0.2) is 4.79 Å². The highest BCUT2D eigenvalue weighted by molar-refractivity contribution is 7.20. The molecule has 0 saturated carbocycles. The van der Waals surface area contributed by atoms with E-state index in [-0.39, 0.29) is 17.5 Å². The lowest BCUT2D eigenvalue weighted by atomic mass is 10.1. The van der Waals surface area contributed by atoms with Crippen LogP contribution >= 0.6 is 11.3 Å². The zero-order chi connectivity index (χ0) is 18.1. The average molecular weight is 362 g/mol. The molecule has 0 spiro atoms. The van der Waals surface area contributed by atoms with Crippen LogP contribution in [0, 0.1) is 6.92 Å². The van der Waals surface area contributed by atoms with Crippen molar-refractivity contribution in [3.63, 3.8) is 0 Å². The van der Waals surface area contributed by atoms with Gasteiger partial charge in [-0.2, -0.15) is 0 Å². The Balaban J connectivity index is 2.00. The Kier molecular flexibility index (Phi) is 5.27. The number of thiophene rings is 1. The van der Waals surface area contributed by atoms with E-state index in [4.69, 9.17) is 0 Å². The lowest BCUT2D eigenvalue weighted by Gasteiger charge is -2.26. The molecule has 25 heavy (non-hydrogen) atoms. The van der Waals surface area contributed by atoms with Crippen molar-refractivity contribution in [3.05, 3.63) is 26.6 Å². The van der Waals surface area contributed by atoms with Crippen LogP contribution in [0.25, 0.3) is 10.2 Å². The molecule has 136 valence electrons. The van der Waals surface area contributed by atoms with Gasteiger partial charge >= 0.3 is 0 Å². The Morgan fingerprint density at radius 3 is 2.80 bits per heavy atom. The fourth-order valence-corrected chi connectivity index (χ4v) is 4.68. The van der Waals surface area contributed by atoms with Crippen LogP contribution < -0.4 is 5.56 Å². The van der Waals surface area contributed by atoms with Crippen molar-refractivity contribution in [2.45, 2.75) is 72.4 Å². The maximum absolute atomic E-state index is 13.1. The van der Waals surface area contributed by atoms with Crippen molar-refractivity contribution >= 4 is 27.5 Å². The molecule has 0 N–H and O–H groups in total. The van der Waals surface area contributed by atoms with Gasteiger partial charge in [0.1, 0.15) is 10.7 Å². The summed E-state index contributed by atoms with van der Waals surface area (Å²) in [5, 5.41) is 0.635. The van der Waals surface area contributed by atoms with Gasteiger partial charge in [0, 0.05) is 25.6 Å². The highest BCUT2D eigenvalue weighted by Gasteiger charge is 2.26. The summed E-state index contributed by atoms with van der Waals surface area (Å²) in [6, 6.07) is 0.146. The van der Waals surface area contributed by atoms with Crippen molar-refractivity contribution in [2.75, 3.05) is 6.54 Å². The number of aromatic nitrogens is 2. The first-order chi connectivity index (χ1) is 12.0. The van der Waals surface area contributed by atoms with E-state index in [1.807, 2.05) is 25.7 Å². The molecule has 0 aromatic carbocycles. The van der Waals surface area contributed by atoms with Gasteiger partial charge in [-0.3, -0.25) is 14.2 Å². The van der Waals surface area contributed by atoms with Crippen LogP contribution in [-0.4, -0.2) is 32.9 Å². The van der Waals surface area contributed by atoms with Gasteiger partial charge in [0.2, 0.25) is 0 Å². The fraction of sp³-hybridized carbons (Fsp3) is 0.632. The summed E-state index contributed by atoms with van der Waals surface area (Å²) in [7, 11) is 0. The molecule has 0 bridgehead atoms. The van der Waals surface area contributed by atoms with Gasteiger partial charge in [0.15, 0.2) is 0 Å². The van der Waals surface area contributed by atoms with E-state index < -0.39 is 0 Å². The number of carbonyl (C=O) groups is 1. The maximum Gasteiger partial charge on any atom is 0.264 e. The number of unbranched alkanes of at least 4 members (excludes halogenated alkanes) is 2. The molecule has 0 saturated heterocycles. The monoisotopic (exact) mass is 361 g/mol. The minimum atomic E-state index is 0.0207. The minimum Gasteiger partial charge on any atom is -0.336 e. The van der Waals surface area contributed by atoms with Crippen LogP contribution in [0.2, 0.25) is 0 Å². The van der Waals surface area contributed by atoms with Gasteiger partial charge < -0.3 is 4.90 Å². The molecule has 0 atom stereocenters. The molecule has 0 radical (unpaired) electrons. The Morgan fingerprint density at radius 2 is 2.12 bits per heavy atom. The molecule has 2 aromatic heterocycles. The normalized spacial score (nSPS) is 13.6. The third kappa shape index (κ3) is 3.24. The number of rotatable bonds is 6. The lowest BCUT2D eigenvalue weighted by Crippen LogP contribution is -2.37. The van der Waals surface area contributed by atoms with Crippen molar-refractivity contribution in [1.82, 2.24) is 14.5 Å². The number of fused-ring (bicyclic) bond motifs is 2. The van der Waals surface area contributed by atoms with Gasteiger partial charge in [0.25, 0.3) is 11.5 Å². The first-order valence-electron chi connectivity index (χ1n) is 9.29. The number of nitrogens with zero attached hydrogens (tertiary/aromatic N) is 3. The molecule has 5 nitrogen and oxygen atoms in total. The molecule has 2 aromatic rings. The molecule has 0 fully saturated rings. The first-order valence-corrected chi connectivity index (χ1v) is 10.1. The topological polar surface area (TPSA) is 55.2 Å². The van der Waals surface area contributed by atoms with Gasteiger partial charge in [-0.15, -0.1) is 11.3 Å². The molecule has 1 aliphatic heterocycles. The zero-order valence-corrected chi connectivity index (χ0v) is 16.4. The van der Waals surface area contributed by atoms with E-state index in [0.717, 1.165) is 61.4 Å². The molecule has 0 unspecified atom stereocenters. The molecule has 6 heteroatoms. The zero-order valence-electron chi connectivity index (χ0n) is 15.6. The smallest absolute Gasteiger partial charge is 0.264 e. The number of amides is 1.